The second kappa shape index (κ2) is 4.44. The second-order valence-corrected chi connectivity index (χ2v) is 3.97. The van der Waals surface area contributed by atoms with Gasteiger partial charge in [0.25, 0.3) is 0 Å². The summed E-state index contributed by atoms with van der Waals surface area (Å²) in [6, 6.07) is 11.9. The smallest absolute Gasteiger partial charge is 0.141 e. The van der Waals surface area contributed by atoms with Crippen LogP contribution < -0.4 is 0 Å². The maximum absolute atomic E-state index is 11.6. The van der Waals surface area contributed by atoms with Crippen LogP contribution in [0.1, 0.15) is 31.9 Å². The largest absolute Gasteiger partial charge is 0.299 e. The molecular weight excluding hydrogens is 198 g/mol. The fourth-order valence-corrected chi connectivity index (χ4v) is 1.79. The highest BCUT2D eigenvalue weighted by molar-refractivity contribution is 5.86. The summed E-state index contributed by atoms with van der Waals surface area (Å²) in [4.78, 5) is 16.1. The maximum atomic E-state index is 11.6. The molecule has 1 atom stereocenters. The van der Waals surface area contributed by atoms with Crippen LogP contribution in [0.5, 0.6) is 0 Å². The third kappa shape index (κ3) is 1.96. The van der Waals surface area contributed by atoms with Crippen molar-refractivity contribution in [3.8, 4) is 0 Å². The van der Waals surface area contributed by atoms with Gasteiger partial charge in [-0.15, -0.1) is 0 Å². The van der Waals surface area contributed by atoms with E-state index >= 15 is 0 Å². The molecule has 0 N–H and O–H groups in total. The molecule has 0 spiro atoms. The molecule has 0 fully saturated rings. The van der Waals surface area contributed by atoms with Crippen molar-refractivity contribution in [2.75, 3.05) is 0 Å². The first kappa shape index (κ1) is 10.8. The summed E-state index contributed by atoms with van der Waals surface area (Å²) in [5, 5.41) is 1.11. The molecule has 1 heterocycles. The lowest BCUT2D eigenvalue weighted by atomic mass is 9.99. The summed E-state index contributed by atoms with van der Waals surface area (Å²) in [6.07, 6.45) is 0.565. The summed E-state index contributed by atoms with van der Waals surface area (Å²) >= 11 is 0. The Bertz CT molecular complexity index is 519. The fraction of sp³-hybridized carbons (Fsp3) is 0.286. The Labute approximate surface area is 95.3 Å². The number of Topliss-reactive ketones (excluding diaryl/α,β-unsaturated/α-hetero) is 1. The van der Waals surface area contributed by atoms with Gasteiger partial charge >= 0.3 is 0 Å². The molecule has 16 heavy (non-hydrogen) atoms. The number of nitrogens with zero attached hydrogens (tertiary/aromatic N) is 1. The van der Waals surface area contributed by atoms with Crippen LogP contribution in [0, 0.1) is 0 Å². The number of benzene rings is 1. The normalized spacial score (nSPS) is 12.6. The molecule has 2 nitrogen and oxygen atoms in total. The molecule has 0 bridgehead atoms. The van der Waals surface area contributed by atoms with E-state index in [-0.39, 0.29) is 11.7 Å². The summed E-state index contributed by atoms with van der Waals surface area (Å²) in [5.74, 6) is 0.136. The number of pyridine rings is 1. The molecule has 2 heteroatoms. The van der Waals surface area contributed by atoms with Gasteiger partial charge in [0.15, 0.2) is 0 Å². The Balaban J connectivity index is 2.43. The summed E-state index contributed by atoms with van der Waals surface area (Å²) in [6.45, 7) is 3.81. The van der Waals surface area contributed by atoms with E-state index in [4.69, 9.17) is 0 Å². The Kier molecular flexibility index (Phi) is 3.00. The lowest BCUT2D eigenvalue weighted by Crippen LogP contribution is -2.09. The topological polar surface area (TPSA) is 30.0 Å². The van der Waals surface area contributed by atoms with Crippen LogP contribution in [-0.2, 0) is 4.79 Å². The molecule has 0 saturated heterocycles. The quantitative estimate of drug-likeness (QED) is 0.782. The van der Waals surface area contributed by atoms with Crippen molar-refractivity contribution in [2.45, 2.75) is 26.2 Å². The van der Waals surface area contributed by atoms with E-state index in [1.54, 1.807) is 0 Å². The highest BCUT2D eigenvalue weighted by atomic mass is 16.1. The highest BCUT2D eigenvalue weighted by Gasteiger charge is 2.14. The lowest BCUT2D eigenvalue weighted by Gasteiger charge is -2.09. The molecule has 82 valence electrons. The van der Waals surface area contributed by atoms with Crippen LogP contribution in [0.3, 0.4) is 0 Å². The Morgan fingerprint density at radius 1 is 1.25 bits per heavy atom. The van der Waals surface area contributed by atoms with Crippen molar-refractivity contribution in [3.05, 3.63) is 42.1 Å². The fourth-order valence-electron chi connectivity index (χ4n) is 1.79. The average molecular weight is 213 g/mol. The van der Waals surface area contributed by atoms with Gasteiger partial charge in [0.05, 0.1) is 17.1 Å². The van der Waals surface area contributed by atoms with E-state index in [1.807, 2.05) is 50.2 Å². The summed E-state index contributed by atoms with van der Waals surface area (Å²) in [5.41, 5.74) is 1.82. The van der Waals surface area contributed by atoms with Crippen LogP contribution in [0.15, 0.2) is 36.4 Å². The van der Waals surface area contributed by atoms with Crippen LogP contribution in [0.25, 0.3) is 10.9 Å². The van der Waals surface area contributed by atoms with Gasteiger partial charge in [0, 0.05) is 11.8 Å². The molecule has 2 rings (SSSR count). The molecule has 0 saturated carbocycles. The first-order valence-electron chi connectivity index (χ1n) is 5.60. The van der Waals surface area contributed by atoms with Crippen LogP contribution >= 0.6 is 0 Å². The van der Waals surface area contributed by atoms with Crippen LogP contribution in [-0.4, -0.2) is 10.8 Å². The molecule has 1 aromatic carbocycles. The number of hydrogen-bond acceptors (Lipinski definition) is 2. The zero-order valence-electron chi connectivity index (χ0n) is 9.60. The monoisotopic (exact) mass is 213 g/mol. The minimum absolute atomic E-state index is 0.102. The molecule has 2 aromatic rings. The molecular formula is C14H15NO. The van der Waals surface area contributed by atoms with Gasteiger partial charge in [0.2, 0.25) is 0 Å². The van der Waals surface area contributed by atoms with Crippen molar-refractivity contribution in [1.29, 1.82) is 0 Å². The predicted molar refractivity (Wildman–Crippen MR) is 65.5 cm³/mol. The minimum atomic E-state index is -0.102. The summed E-state index contributed by atoms with van der Waals surface area (Å²) in [7, 11) is 0. The van der Waals surface area contributed by atoms with E-state index in [1.165, 1.54) is 0 Å². The predicted octanol–water partition coefficient (Wildman–Crippen LogP) is 3.32. The highest BCUT2D eigenvalue weighted by Crippen LogP contribution is 2.19. The summed E-state index contributed by atoms with van der Waals surface area (Å²) < 4.78 is 0. The van der Waals surface area contributed by atoms with Gasteiger partial charge in [0.1, 0.15) is 5.78 Å². The molecule has 1 unspecified atom stereocenters. The van der Waals surface area contributed by atoms with Gasteiger partial charge in [-0.05, 0) is 19.1 Å². The van der Waals surface area contributed by atoms with E-state index in [0.717, 1.165) is 16.6 Å². The molecule has 1 aromatic heterocycles. The first-order valence-corrected chi connectivity index (χ1v) is 5.60. The number of hydrogen-bond donors (Lipinski definition) is 0. The Hall–Kier alpha value is -1.70. The van der Waals surface area contributed by atoms with Crippen molar-refractivity contribution in [1.82, 2.24) is 4.98 Å². The Morgan fingerprint density at radius 3 is 2.75 bits per heavy atom. The number of para-hydroxylation sites is 1. The average Bonchev–Trinajstić information content (AvgIpc) is 2.36. The van der Waals surface area contributed by atoms with E-state index < -0.39 is 0 Å². The van der Waals surface area contributed by atoms with E-state index in [9.17, 15) is 4.79 Å². The minimum Gasteiger partial charge on any atom is -0.299 e. The van der Waals surface area contributed by atoms with Gasteiger partial charge in [-0.1, -0.05) is 31.2 Å². The second-order valence-electron chi connectivity index (χ2n) is 3.97. The third-order valence-corrected chi connectivity index (χ3v) is 2.90. The van der Waals surface area contributed by atoms with Gasteiger partial charge in [-0.2, -0.15) is 0 Å². The van der Waals surface area contributed by atoms with Crippen molar-refractivity contribution in [2.24, 2.45) is 0 Å². The number of carbonyl (C=O) groups excluding carboxylic acids is 1. The van der Waals surface area contributed by atoms with Crippen LogP contribution in [0.4, 0.5) is 0 Å². The zero-order chi connectivity index (χ0) is 11.5. The number of fused-ring (bicyclic) bond motifs is 1. The molecule has 0 aliphatic carbocycles. The SMILES string of the molecule is CCC(=O)C(C)c1ccc2ccccc2n1. The van der Waals surface area contributed by atoms with Crippen molar-refractivity contribution < 1.29 is 4.79 Å². The van der Waals surface area contributed by atoms with Crippen LogP contribution in [0.2, 0.25) is 0 Å². The Morgan fingerprint density at radius 2 is 2.00 bits per heavy atom. The van der Waals surface area contributed by atoms with Crippen molar-refractivity contribution >= 4 is 16.7 Å². The number of rotatable bonds is 3. The molecule has 0 amide bonds. The van der Waals surface area contributed by atoms with Gasteiger partial charge in [-0.3, -0.25) is 9.78 Å². The molecule has 0 radical (unpaired) electrons. The van der Waals surface area contributed by atoms with Gasteiger partial charge < -0.3 is 0 Å². The molecule has 0 aliphatic heterocycles. The molecule has 0 aliphatic rings. The first-order chi connectivity index (χ1) is 7.72. The van der Waals surface area contributed by atoms with Crippen molar-refractivity contribution in [3.63, 3.8) is 0 Å². The maximum Gasteiger partial charge on any atom is 0.141 e. The van der Waals surface area contributed by atoms with Gasteiger partial charge in [-0.25, -0.2) is 0 Å². The number of carbonyl (C=O) groups is 1. The number of aromatic nitrogens is 1. The standard InChI is InChI=1S/C14H15NO/c1-3-14(16)10(2)12-9-8-11-6-4-5-7-13(11)15-12/h4-10H,3H2,1-2H3. The number of ketones is 1. The zero-order valence-corrected chi connectivity index (χ0v) is 9.60. The lowest BCUT2D eigenvalue weighted by molar-refractivity contribution is -0.119. The van der Waals surface area contributed by atoms with E-state index in [0.29, 0.717) is 6.42 Å². The third-order valence-electron chi connectivity index (χ3n) is 2.90. The van der Waals surface area contributed by atoms with E-state index in [2.05, 4.69) is 4.98 Å².